The van der Waals surface area contributed by atoms with Gasteiger partial charge in [-0.25, -0.2) is 0 Å². The Labute approximate surface area is 135 Å². The molecular formula is C19H31N3. The molecule has 0 aliphatic carbocycles. The number of rotatable bonds is 0. The maximum Gasteiger partial charge on any atom is 0.0593 e. The van der Waals surface area contributed by atoms with E-state index in [2.05, 4.69) is 54.0 Å². The first-order valence-electron chi connectivity index (χ1n) is 8.05. The van der Waals surface area contributed by atoms with Gasteiger partial charge in [-0.05, 0) is 37.4 Å². The highest BCUT2D eigenvalue weighted by Crippen LogP contribution is 2.16. The van der Waals surface area contributed by atoms with Crippen molar-refractivity contribution in [2.75, 3.05) is 0 Å². The van der Waals surface area contributed by atoms with Crippen LogP contribution in [-0.4, -0.2) is 14.3 Å². The van der Waals surface area contributed by atoms with Crippen LogP contribution >= 0.6 is 0 Å². The maximum atomic E-state index is 4.03. The predicted octanol–water partition coefficient (Wildman–Crippen LogP) is 5.27. The third-order valence-electron chi connectivity index (χ3n) is 3.04. The van der Waals surface area contributed by atoms with E-state index in [-0.39, 0.29) is 0 Å². The standard InChI is InChI=1S/C10H11N.C5H8N2.2C2H6/c1-8-7-9-5-3-4-6-10(9)11(8)2;1-5-3-4-7(2)6-5;2*1-2/h3-7H,1-2H3;3-4H,1-2H3;2*1-2H3. The first-order valence-corrected chi connectivity index (χ1v) is 8.05. The van der Waals surface area contributed by atoms with Gasteiger partial charge >= 0.3 is 0 Å². The molecule has 0 unspecified atom stereocenters. The molecule has 0 N–H and O–H groups in total. The molecule has 3 heteroatoms. The fraction of sp³-hybridized carbons (Fsp3) is 0.421. The third-order valence-corrected chi connectivity index (χ3v) is 3.04. The Balaban J connectivity index is 0.000000348. The van der Waals surface area contributed by atoms with Gasteiger partial charge < -0.3 is 4.57 Å². The Morgan fingerprint density at radius 2 is 1.45 bits per heavy atom. The smallest absolute Gasteiger partial charge is 0.0593 e. The minimum absolute atomic E-state index is 1.07. The molecule has 0 saturated carbocycles. The van der Waals surface area contributed by atoms with Crippen LogP contribution in [0.5, 0.6) is 0 Å². The second-order valence-electron chi connectivity index (χ2n) is 4.53. The topological polar surface area (TPSA) is 22.8 Å². The van der Waals surface area contributed by atoms with Crippen LogP contribution < -0.4 is 0 Å². The molecule has 0 saturated heterocycles. The van der Waals surface area contributed by atoms with Crippen LogP contribution in [0, 0.1) is 13.8 Å². The first kappa shape index (κ1) is 20.0. The molecule has 3 nitrogen and oxygen atoms in total. The number of benzene rings is 1. The fourth-order valence-corrected chi connectivity index (χ4v) is 1.96. The van der Waals surface area contributed by atoms with Crippen LogP contribution in [0.1, 0.15) is 39.1 Å². The number of hydrogen-bond donors (Lipinski definition) is 0. The Morgan fingerprint density at radius 1 is 0.864 bits per heavy atom. The summed E-state index contributed by atoms with van der Waals surface area (Å²) in [6.07, 6.45) is 1.93. The molecule has 122 valence electrons. The van der Waals surface area contributed by atoms with Gasteiger partial charge in [-0.1, -0.05) is 45.9 Å². The van der Waals surface area contributed by atoms with Gasteiger partial charge in [0.25, 0.3) is 0 Å². The monoisotopic (exact) mass is 301 g/mol. The molecule has 1 aromatic carbocycles. The lowest BCUT2D eigenvalue weighted by Crippen LogP contribution is -1.88. The summed E-state index contributed by atoms with van der Waals surface area (Å²) in [6, 6.07) is 12.6. The van der Waals surface area contributed by atoms with Crippen molar-refractivity contribution in [3.63, 3.8) is 0 Å². The van der Waals surface area contributed by atoms with E-state index in [1.807, 2.05) is 53.9 Å². The normalized spacial score (nSPS) is 8.91. The van der Waals surface area contributed by atoms with E-state index < -0.39 is 0 Å². The fourth-order valence-electron chi connectivity index (χ4n) is 1.96. The maximum absolute atomic E-state index is 4.03. The summed E-state index contributed by atoms with van der Waals surface area (Å²) in [7, 11) is 4.00. The highest BCUT2D eigenvalue weighted by molar-refractivity contribution is 5.80. The molecule has 0 aliphatic heterocycles. The van der Waals surface area contributed by atoms with Crippen molar-refractivity contribution in [3.8, 4) is 0 Å². The quantitative estimate of drug-likeness (QED) is 0.555. The van der Waals surface area contributed by atoms with E-state index in [0.717, 1.165) is 5.69 Å². The van der Waals surface area contributed by atoms with E-state index in [1.54, 1.807) is 4.68 Å². The van der Waals surface area contributed by atoms with Gasteiger partial charge in [0, 0.05) is 31.5 Å². The Morgan fingerprint density at radius 3 is 1.86 bits per heavy atom. The summed E-state index contributed by atoms with van der Waals surface area (Å²) in [6.45, 7) is 12.1. The largest absolute Gasteiger partial charge is 0.348 e. The zero-order chi connectivity index (χ0) is 17.1. The van der Waals surface area contributed by atoms with E-state index in [4.69, 9.17) is 0 Å². The van der Waals surface area contributed by atoms with Crippen LogP contribution in [-0.2, 0) is 14.1 Å². The second kappa shape index (κ2) is 10.7. The molecule has 3 aromatic rings. The Hall–Kier alpha value is -2.03. The zero-order valence-corrected chi connectivity index (χ0v) is 15.4. The van der Waals surface area contributed by atoms with Crippen LogP contribution in [0.2, 0.25) is 0 Å². The molecule has 22 heavy (non-hydrogen) atoms. The highest BCUT2D eigenvalue weighted by atomic mass is 15.2. The second-order valence-corrected chi connectivity index (χ2v) is 4.53. The number of aromatic nitrogens is 3. The first-order chi connectivity index (χ1) is 10.6. The SMILES string of the molecule is CC.CC.Cc1cc2ccccc2n1C.Cc1ccn(C)n1. The molecule has 0 spiro atoms. The average Bonchev–Trinajstić information content (AvgIpc) is 3.07. The van der Waals surface area contributed by atoms with E-state index in [0.29, 0.717) is 0 Å². The van der Waals surface area contributed by atoms with Crippen molar-refractivity contribution in [2.24, 2.45) is 14.1 Å². The summed E-state index contributed by atoms with van der Waals surface area (Å²) < 4.78 is 3.99. The van der Waals surface area contributed by atoms with Gasteiger partial charge in [-0.2, -0.15) is 5.10 Å². The lowest BCUT2D eigenvalue weighted by molar-refractivity contribution is 0.756. The summed E-state index contributed by atoms with van der Waals surface area (Å²) in [5, 5.41) is 5.35. The zero-order valence-electron chi connectivity index (χ0n) is 15.4. The van der Waals surface area contributed by atoms with Crippen molar-refractivity contribution in [3.05, 3.63) is 54.0 Å². The van der Waals surface area contributed by atoms with Gasteiger partial charge in [0.05, 0.1) is 5.69 Å². The molecule has 0 radical (unpaired) electrons. The summed E-state index contributed by atoms with van der Waals surface area (Å²) >= 11 is 0. The number of nitrogens with zero attached hydrogens (tertiary/aromatic N) is 3. The van der Waals surface area contributed by atoms with Crippen molar-refractivity contribution in [1.82, 2.24) is 14.3 Å². The minimum Gasteiger partial charge on any atom is -0.348 e. The lowest BCUT2D eigenvalue weighted by Gasteiger charge is -1.96. The number of hydrogen-bond acceptors (Lipinski definition) is 1. The van der Waals surface area contributed by atoms with Crippen LogP contribution in [0.15, 0.2) is 42.6 Å². The Bertz CT molecular complexity index is 631. The summed E-state index contributed by atoms with van der Waals surface area (Å²) in [4.78, 5) is 0. The molecule has 0 amide bonds. The molecule has 2 aromatic heterocycles. The average molecular weight is 301 g/mol. The molecule has 0 aliphatic rings. The van der Waals surface area contributed by atoms with Crippen molar-refractivity contribution in [1.29, 1.82) is 0 Å². The molecule has 0 fully saturated rings. The number of para-hydroxylation sites is 1. The third kappa shape index (κ3) is 5.76. The molecule has 0 bridgehead atoms. The van der Waals surface area contributed by atoms with E-state index in [1.165, 1.54) is 16.6 Å². The van der Waals surface area contributed by atoms with Gasteiger partial charge in [0.1, 0.15) is 0 Å². The van der Waals surface area contributed by atoms with Gasteiger partial charge in [0.2, 0.25) is 0 Å². The molecule has 0 atom stereocenters. The predicted molar refractivity (Wildman–Crippen MR) is 98.3 cm³/mol. The molecule has 2 heterocycles. The van der Waals surface area contributed by atoms with Gasteiger partial charge in [-0.15, -0.1) is 0 Å². The molecular weight excluding hydrogens is 270 g/mol. The van der Waals surface area contributed by atoms with Gasteiger partial charge in [-0.3, -0.25) is 4.68 Å². The van der Waals surface area contributed by atoms with E-state index in [9.17, 15) is 0 Å². The number of aryl methyl sites for hydroxylation is 4. The minimum atomic E-state index is 1.07. The van der Waals surface area contributed by atoms with Crippen molar-refractivity contribution < 1.29 is 0 Å². The van der Waals surface area contributed by atoms with Crippen LogP contribution in [0.3, 0.4) is 0 Å². The van der Waals surface area contributed by atoms with Crippen LogP contribution in [0.4, 0.5) is 0 Å². The molecule has 3 rings (SSSR count). The van der Waals surface area contributed by atoms with E-state index >= 15 is 0 Å². The Kier molecular flexibility index (Phi) is 9.68. The lowest BCUT2D eigenvalue weighted by atomic mass is 10.2. The summed E-state index contributed by atoms with van der Waals surface area (Å²) in [5.74, 6) is 0. The highest BCUT2D eigenvalue weighted by Gasteiger charge is 1.98. The summed E-state index contributed by atoms with van der Waals surface area (Å²) in [5.41, 5.74) is 3.69. The van der Waals surface area contributed by atoms with Crippen molar-refractivity contribution in [2.45, 2.75) is 41.5 Å². The van der Waals surface area contributed by atoms with Crippen LogP contribution in [0.25, 0.3) is 10.9 Å². The number of fused-ring (bicyclic) bond motifs is 1. The van der Waals surface area contributed by atoms with Gasteiger partial charge in [0.15, 0.2) is 0 Å². The van der Waals surface area contributed by atoms with Crippen molar-refractivity contribution >= 4 is 10.9 Å².